The van der Waals surface area contributed by atoms with Crippen molar-refractivity contribution in [2.75, 3.05) is 14.2 Å². The van der Waals surface area contributed by atoms with Crippen LogP contribution < -0.4 is 9.47 Å². The lowest BCUT2D eigenvalue weighted by atomic mass is 9.77. The van der Waals surface area contributed by atoms with Gasteiger partial charge in [0.05, 0.1) is 20.1 Å². The van der Waals surface area contributed by atoms with E-state index < -0.39 is 6.04 Å². The summed E-state index contributed by atoms with van der Waals surface area (Å²) in [5, 5.41) is 11.4. The Bertz CT molecular complexity index is 580. The molecule has 0 aliphatic heterocycles. The third kappa shape index (κ3) is 3.01. The Hall–Kier alpha value is -2.04. The summed E-state index contributed by atoms with van der Waals surface area (Å²) in [6, 6.07) is 4.99. The molecule has 0 saturated carbocycles. The molecular weight excluding hydrogens is 270 g/mol. The number of rotatable bonds is 4. The molecule has 0 fully saturated rings. The van der Waals surface area contributed by atoms with Gasteiger partial charge in [0, 0.05) is 11.3 Å². The van der Waals surface area contributed by atoms with Gasteiger partial charge in [0.25, 0.3) is 0 Å². The number of hydrogen-bond acceptors (Lipinski definition) is 4. The van der Waals surface area contributed by atoms with E-state index in [4.69, 9.17) is 9.47 Å². The van der Waals surface area contributed by atoms with E-state index in [-0.39, 0.29) is 10.8 Å². The van der Waals surface area contributed by atoms with Gasteiger partial charge in [0.1, 0.15) is 0 Å². The minimum Gasteiger partial charge on any atom is -0.493 e. The van der Waals surface area contributed by atoms with Crippen molar-refractivity contribution in [1.82, 2.24) is 0 Å². The van der Waals surface area contributed by atoms with Crippen LogP contribution in [0.3, 0.4) is 0 Å². The molecule has 0 saturated heterocycles. The number of allylic oxidation sites excluding steroid dienone is 1. The van der Waals surface area contributed by atoms with E-state index in [0.29, 0.717) is 24.3 Å². The minimum atomic E-state index is -0.577. The van der Waals surface area contributed by atoms with Crippen LogP contribution >= 0.6 is 0 Å². The number of nitro groups is 1. The Kier molecular flexibility index (Phi) is 4.50. The lowest BCUT2D eigenvalue weighted by Crippen LogP contribution is -2.31. The highest BCUT2D eigenvalue weighted by molar-refractivity contribution is 5.45. The van der Waals surface area contributed by atoms with E-state index in [1.165, 1.54) is 5.57 Å². The van der Waals surface area contributed by atoms with Gasteiger partial charge in [0.15, 0.2) is 11.5 Å². The minimum absolute atomic E-state index is 0.122. The average Bonchev–Trinajstić information content (AvgIpc) is 2.48. The fourth-order valence-electron chi connectivity index (χ4n) is 2.92. The van der Waals surface area contributed by atoms with E-state index in [1.807, 2.05) is 25.1 Å². The second-order valence-electron chi connectivity index (χ2n) is 5.54. The van der Waals surface area contributed by atoms with Gasteiger partial charge in [-0.15, -0.1) is 0 Å². The molecule has 2 atom stereocenters. The Balaban J connectivity index is 2.41. The van der Waals surface area contributed by atoms with Crippen LogP contribution in [0.1, 0.15) is 38.2 Å². The van der Waals surface area contributed by atoms with Crippen molar-refractivity contribution in [3.63, 3.8) is 0 Å². The fourth-order valence-corrected chi connectivity index (χ4v) is 2.92. The quantitative estimate of drug-likeness (QED) is 0.483. The highest BCUT2D eigenvalue weighted by atomic mass is 16.6. The molecule has 21 heavy (non-hydrogen) atoms. The lowest BCUT2D eigenvalue weighted by Gasteiger charge is -2.28. The maximum Gasteiger partial charge on any atom is 0.223 e. The van der Waals surface area contributed by atoms with Gasteiger partial charge < -0.3 is 9.47 Å². The summed E-state index contributed by atoms with van der Waals surface area (Å²) in [5.41, 5.74) is 3.31. The molecule has 1 aliphatic rings. The summed E-state index contributed by atoms with van der Waals surface area (Å²) in [7, 11) is 3.15. The molecule has 0 heterocycles. The largest absolute Gasteiger partial charge is 0.493 e. The summed E-state index contributed by atoms with van der Waals surface area (Å²) in [6.45, 7) is 4.04. The normalized spacial score (nSPS) is 22.1. The summed E-state index contributed by atoms with van der Waals surface area (Å²) in [4.78, 5) is 11.2. The number of nitrogens with zero attached hydrogens (tertiary/aromatic N) is 1. The van der Waals surface area contributed by atoms with Crippen molar-refractivity contribution in [2.45, 2.75) is 38.6 Å². The zero-order valence-corrected chi connectivity index (χ0v) is 12.9. The van der Waals surface area contributed by atoms with Crippen molar-refractivity contribution >= 4 is 0 Å². The average molecular weight is 291 g/mol. The van der Waals surface area contributed by atoms with Gasteiger partial charge in [-0.25, -0.2) is 0 Å². The third-order valence-corrected chi connectivity index (χ3v) is 4.34. The maximum atomic E-state index is 11.4. The Morgan fingerprint density at radius 1 is 1.10 bits per heavy atom. The van der Waals surface area contributed by atoms with Crippen molar-refractivity contribution in [1.29, 1.82) is 0 Å². The molecular formula is C16H21NO4. The highest BCUT2D eigenvalue weighted by Crippen LogP contribution is 2.40. The van der Waals surface area contributed by atoms with Crippen LogP contribution in [0.5, 0.6) is 11.5 Å². The molecule has 5 nitrogen and oxygen atoms in total. The Morgan fingerprint density at radius 3 is 2.29 bits per heavy atom. The van der Waals surface area contributed by atoms with Gasteiger partial charge in [0.2, 0.25) is 6.04 Å². The number of hydrogen-bond donors (Lipinski definition) is 0. The van der Waals surface area contributed by atoms with Crippen molar-refractivity contribution in [2.24, 2.45) is 0 Å². The van der Waals surface area contributed by atoms with Crippen LogP contribution in [0, 0.1) is 10.1 Å². The molecule has 1 aromatic rings. The van der Waals surface area contributed by atoms with Gasteiger partial charge in [-0.05, 0) is 38.0 Å². The van der Waals surface area contributed by atoms with Gasteiger partial charge in [-0.2, -0.15) is 0 Å². The lowest BCUT2D eigenvalue weighted by molar-refractivity contribution is -0.527. The van der Waals surface area contributed by atoms with Crippen LogP contribution in [-0.2, 0) is 0 Å². The third-order valence-electron chi connectivity index (χ3n) is 4.34. The van der Waals surface area contributed by atoms with Crippen molar-refractivity contribution in [3.05, 3.63) is 45.0 Å². The molecule has 0 amide bonds. The standard InChI is InChI=1S/C16H21NO4/c1-10-7-13(14(17(18)19)8-11(10)2)12-5-6-15(20-3)16(9-12)21-4/h5-6,9,13-14H,7-8H2,1-4H3. The second kappa shape index (κ2) is 6.16. The monoisotopic (exact) mass is 291 g/mol. The number of benzene rings is 1. The molecule has 5 heteroatoms. The predicted octanol–water partition coefficient (Wildman–Crippen LogP) is 3.56. The second-order valence-corrected chi connectivity index (χ2v) is 5.54. The first kappa shape index (κ1) is 15.4. The molecule has 0 aromatic heterocycles. The predicted molar refractivity (Wildman–Crippen MR) is 80.7 cm³/mol. The van der Waals surface area contributed by atoms with Crippen LogP contribution in [0.2, 0.25) is 0 Å². The molecule has 1 aliphatic carbocycles. The van der Waals surface area contributed by atoms with E-state index in [0.717, 1.165) is 11.1 Å². The van der Waals surface area contributed by atoms with Crippen LogP contribution in [0.25, 0.3) is 0 Å². The van der Waals surface area contributed by atoms with E-state index >= 15 is 0 Å². The first-order valence-electron chi connectivity index (χ1n) is 6.98. The molecule has 0 N–H and O–H groups in total. The smallest absolute Gasteiger partial charge is 0.223 e. The summed E-state index contributed by atoms with van der Waals surface area (Å²) in [5.74, 6) is 1.13. The SMILES string of the molecule is COc1ccc(C2CC(C)=C(C)CC2[N+](=O)[O-])cc1OC. The zero-order valence-electron chi connectivity index (χ0n) is 12.9. The molecule has 0 spiro atoms. The number of ether oxygens (including phenoxy) is 2. The molecule has 1 aromatic carbocycles. The molecule has 114 valence electrons. The summed E-state index contributed by atoms with van der Waals surface area (Å²) >= 11 is 0. The summed E-state index contributed by atoms with van der Waals surface area (Å²) < 4.78 is 10.5. The topological polar surface area (TPSA) is 61.6 Å². The van der Waals surface area contributed by atoms with Crippen molar-refractivity contribution in [3.8, 4) is 11.5 Å². The zero-order chi connectivity index (χ0) is 15.6. The van der Waals surface area contributed by atoms with Crippen molar-refractivity contribution < 1.29 is 14.4 Å². The summed E-state index contributed by atoms with van der Waals surface area (Å²) in [6.07, 6.45) is 1.23. The molecule has 0 bridgehead atoms. The maximum absolute atomic E-state index is 11.4. The first-order chi connectivity index (χ1) is 9.97. The first-order valence-corrected chi connectivity index (χ1v) is 6.98. The Labute approximate surface area is 124 Å². The van der Waals surface area contributed by atoms with Crippen LogP contribution in [-0.4, -0.2) is 25.2 Å². The molecule has 2 unspecified atom stereocenters. The molecule has 2 rings (SSSR count). The van der Waals surface area contributed by atoms with Gasteiger partial charge >= 0.3 is 0 Å². The van der Waals surface area contributed by atoms with E-state index in [1.54, 1.807) is 14.2 Å². The Morgan fingerprint density at radius 2 is 1.71 bits per heavy atom. The van der Waals surface area contributed by atoms with E-state index in [2.05, 4.69) is 6.92 Å². The van der Waals surface area contributed by atoms with Gasteiger partial charge in [-0.3, -0.25) is 10.1 Å². The highest BCUT2D eigenvalue weighted by Gasteiger charge is 2.37. The van der Waals surface area contributed by atoms with Gasteiger partial charge in [-0.1, -0.05) is 17.2 Å². The van der Waals surface area contributed by atoms with Crippen LogP contribution in [0.4, 0.5) is 0 Å². The van der Waals surface area contributed by atoms with E-state index in [9.17, 15) is 10.1 Å². The number of methoxy groups -OCH3 is 2. The fraction of sp³-hybridized carbons (Fsp3) is 0.500. The van der Waals surface area contributed by atoms with Crippen LogP contribution in [0.15, 0.2) is 29.3 Å². The molecule has 0 radical (unpaired) electrons.